The SMILES string of the molecule is O=C(O)c1cccc(Br)c1OCc1nc2ccccc2s1. The number of hydrogen-bond acceptors (Lipinski definition) is 4. The molecule has 3 rings (SSSR count). The summed E-state index contributed by atoms with van der Waals surface area (Å²) in [4.78, 5) is 15.7. The second-order valence-electron chi connectivity index (χ2n) is 4.29. The summed E-state index contributed by atoms with van der Waals surface area (Å²) in [5, 5.41) is 10.00. The lowest BCUT2D eigenvalue weighted by Crippen LogP contribution is -2.03. The minimum absolute atomic E-state index is 0.130. The van der Waals surface area contributed by atoms with Gasteiger partial charge in [0, 0.05) is 0 Å². The maximum atomic E-state index is 11.2. The average molecular weight is 364 g/mol. The van der Waals surface area contributed by atoms with E-state index in [9.17, 15) is 9.90 Å². The van der Waals surface area contributed by atoms with Gasteiger partial charge in [0.2, 0.25) is 0 Å². The minimum Gasteiger partial charge on any atom is -0.484 e. The van der Waals surface area contributed by atoms with Crippen LogP contribution < -0.4 is 4.74 Å². The molecule has 2 aromatic carbocycles. The van der Waals surface area contributed by atoms with E-state index in [0.717, 1.165) is 15.2 Å². The number of fused-ring (bicyclic) bond motifs is 1. The number of carbonyl (C=O) groups is 1. The van der Waals surface area contributed by atoms with Crippen LogP contribution in [-0.4, -0.2) is 16.1 Å². The molecule has 0 saturated carbocycles. The molecule has 0 saturated heterocycles. The van der Waals surface area contributed by atoms with E-state index in [1.807, 2.05) is 24.3 Å². The van der Waals surface area contributed by atoms with Gasteiger partial charge in [-0.15, -0.1) is 11.3 Å². The number of rotatable bonds is 4. The zero-order valence-corrected chi connectivity index (χ0v) is 13.1. The highest BCUT2D eigenvalue weighted by atomic mass is 79.9. The maximum absolute atomic E-state index is 11.2. The molecule has 0 unspecified atom stereocenters. The van der Waals surface area contributed by atoms with Crippen molar-refractivity contribution in [3.05, 3.63) is 57.5 Å². The number of thiazole rings is 1. The summed E-state index contributed by atoms with van der Waals surface area (Å²) in [5.74, 6) is -0.695. The molecule has 0 atom stereocenters. The van der Waals surface area contributed by atoms with E-state index in [-0.39, 0.29) is 12.2 Å². The molecule has 0 fully saturated rings. The Kier molecular flexibility index (Phi) is 3.90. The Hall–Kier alpha value is -1.92. The van der Waals surface area contributed by atoms with Crippen LogP contribution in [0.15, 0.2) is 46.9 Å². The van der Waals surface area contributed by atoms with Crippen LogP contribution in [-0.2, 0) is 6.61 Å². The summed E-state index contributed by atoms with van der Waals surface area (Å²) in [6.45, 7) is 0.238. The molecule has 0 radical (unpaired) electrons. The number of carboxylic acid groups (broad SMARTS) is 1. The summed E-state index contributed by atoms with van der Waals surface area (Å²) in [7, 11) is 0. The summed E-state index contributed by atoms with van der Waals surface area (Å²) in [5.41, 5.74) is 1.05. The summed E-state index contributed by atoms with van der Waals surface area (Å²) < 4.78 is 7.36. The second-order valence-corrected chi connectivity index (χ2v) is 6.26. The van der Waals surface area contributed by atoms with Gasteiger partial charge in [0.05, 0.1) is 14.7 Å². The van der Waals surface area contributed by atoms with Crippen molar-refractivity contribution in [3.63, 3.8) is 0 Å². The first-order valence-corrected chi connectivity index (χ1v) is 7.75. The van der Waals surface area contributed by atoms with E-state index >= 15 is 0 Å². The molecule has 21 heavy (non-hydrogen) atoms. The number of para-hydroxylation sites is 2. The van der Waals surface area contributed by atoms with E-state index in [4.69, 9.17) is 4.74 Å². The number of nitrogens with zero attached hydrogens (tertiary/aromatic N) is 1. The monoisotopic (exact) mass is 363 g/mol. The molecule has 1 aromatic heterocycles. The third-order valence-corrected chi connectivity index (χ3v) is 4.51. The first kappa shape index (κ1) is 14.0. The van der Waals surface area contributed by atoms with Crippen molar-refractivity contribution in [2.75, 3.05) is 0 Å². The van der Waals surface area contributed by atoms with Gasteiger partial charge in [-0.1, -0.05) is 18.2 Å². The number of halogens is 1. The molecule has 1 N–H and O–H groups in total. The Bertz CT molecular complexity index is 783. The van der Waals surface area contributed by atoms with Gasteiger partial charge in [-0.05, 0) is 40.2 Å². The molecule has 6 heteroatoms. The van der Waals surface area contributed by atoms with Crippen LogP contribution in [0.1, 0.15) is 15.4 Å². The lowest BCUT2D eigenvalue weighted by molar-refractivity contribution is 0.0691. The Morgan fingerprint density at radius 1 is 1.24 bits per heavy atom. The van der Waals surface area contributed by atoms with Gasteiger partial charge in [-0.3, -0.25) is 0 Å². The van der Waals surface area contributed by atoms with Crippen LogP contribution in [0, 0.1) is 0 Å². The molecule has 0 bridgehead atoms. The first-order chi connectivity index (χ1) is 10.1. The van der Waals surface area contributed by atoms with Crippen molar-refractivity contribution in [1.82, 2.24) is 4.98 Å². The number of aromatic nitrogens is 1. The smallest absolute Gasteiger partial charge is 0.339 e. The van der Waals surface area contributed by atoms with Crippen LogP contribution in [0.2, 0.25) is 0 Å². The van der Waals surface area contributed by atoms with E-state index in [0.29, 0.717) is 10.2 Å². The van der Waals surface area contributed by atoms with Gasteiger partial charge in [-0.2, -0.15) is 0 Å². The number of carboxylic acids is 1. The fraction of sp³-hybridized carbons (Fsp3) is 0.0667. The predicted octanol–water partition coefficient (Wildman–Crippen LogP) is 4.34. The van der Waals surface area contributed by atoms with Crippen LogP contribution >= 0.6 is 27.3 Å². The second kappa shape index (κ2) is 5.83. The summed E-state index contributed by atoms with van der Waals surface area (Å²) >= 11 is 4.86. The van der Waals surface area contributed by atoms with Crippen molar-refractivity contribution in [3.8, 4) is 5.75 Å². The van der Waals surface area contributed by atoms with Gasteiger partial charge in [0.25, 0.3) is 0 Å². The Labute approximate surface area is 133 Å². The highest BCUT2D eigenvalue weighted by molar-refractivity contribution is 9.10. The van der Waals surface area contributed by atoms with Crippen molar-refractivity contribution in [2.24, 2.45) is 0 Å². The van der Waals surface area contributed by atoms with E-state index < -0.39 is 5.97 Å². The van der Waals surface area contributed by atoms with Gasteiger partial charge < -0.3 is 9.84 Å². The molecular formula is C15H10BrNO3S. The molecule has 4 nitrogen and oxygen atoms in total. The van der Waals surface area contributed by atoms with Crippen LogP contribution in [0.25, 0.3) is 10.2 Å². The van der Waals surface area contributed by atoms with Gasteiger partial charge in [0.15, 0.2) is 0 Å². The van der Waals surface area contributed by atoms with Crippen molar-refractivity contribution in [2.45, 2.75) is 6.61 Å². The van der Waals surface area contributed by atoms with E-state index in [1.165, 1.54) is 17.4 Å². The molecule has 0 aliphatic carbocycles. The Morgan fingerprint density at radius 2 is 2.05 bits per heavy atom. The van der Waals surface area contributed by atoms with Gasteiger partial charge in [0.1, 0.15) is 22.9 Å². The van der Waals surface area contributed by atoms with E-state index in [1.54, 1.807) is 12.1 Å². The third-order valence-electron chi connectivity index (χ3n) is 2.88. The molecule has 0 aliphatic heterocycles. The zero-order chi connectivity index (χ0) is 14.8. The standard InChI is InChI=1S/C15H10BrNO3S/c16-10-5-3-4-9(15(18)19)14(10)20-8-13-17-11-6-1-2-7-12(11)21-13/h1-7H,8H2,(H,18,19). The molecule has 1 heterocycles. The molecule has 3 aromatic rings. The van der Waals surface area contributed by atoms with Gasteiger partial charge >= 0.3 is 5.97 Å². The first-order valence-electron chi connectivity index (χ1n) is 6.14. The lowest BCUT2D eigenvalue weighted by Gasteiger charge is -2.09. The normalized spacial score (nSPS) is 10.7. The van der Waals surface area contributed by atoms with Crippen molar-refractivity contribution < 1.29 is 14.6 Å². The minimum atomic E-state index is -1.02. The average Bonchev–Trinajstić information content (AvgIpc) is 2.88. The lowest BCUT2D eigenvalue weighted by atomic mass is 10.2. The number of aromatic carboxylic acids is 1. The topological polar surface area (TPSA) is 59.4 Å². The summed E-state index contributed by atoms with van der Waals surface area (Å²) in [6.07, 6.45) is 0. The van der Waals surface area contributed by atoms with Crippen LogP contribution in [0.5, 0.6) is 5.75 Å². The van der Waals surface area contributed by atoms with Crippen molar-refractivity contribution in [1.29, 1.82) is 0 Å². The highest BCUT2D eigenvalue weighted by Crippen LogP contribution is 2.31. The zero-order valence-electron chi connectivity index (χ0n) is 10.7. The Morgan fingerprint density at radius 3 is 2.81 bits per heavy atom. The molecule has 0 amide bonds. The fourth-order valence-electron chi connectivity index (χ4n) is 1.94. The number of benzene rings is 2. The highest BCUT2D eigenvalue weighted by Gasteiger charge is 2.15. The Balaban J connectivity index is 1.86. The van der Waals surface area contributed by atoms with Crippen LogP contribution in [0.3, 0.4) is 0 Å². The molecule has 0 spiro atoms. The third kappa shape index (κ3) is 2.91. The quantitative estimate of drug-likeness (QED) is 0.748. The number of ether oxygens (including phenoxy) is 1. The number of hydrogen-bond donors (Lipinski definition) is 1. The summed E-state index contributed by atoms with van der Waals surface area (Å²) in [6, 6.07) is 12.8. The molecule has 106 valence electrons. The fourth-order valence-corrected chi connectivity index (χ4v) is 3.30. The van der Waals surface area contributed by atoms with E-state index in [2.05, 4.69) is 20.9 Å². The molecule has 0 aliphatic rings. The largest absolute Gasteiger partial charge is 0.484 e. The molecular weight excluding hydrogens is 354 g/mol. The van der Waals surface area contributed by atoms with Crippen molar-refractivity contribution >= 4 is 43.5 Å². The van der Waals surface area contributed by atoms with Gasteiger partial charge in [-0.25, -0.2) is 9.78 Å². The predicted molar refractivity (Wildman–Crippen MR) is 85.1 cm³/mol. The maximum Gasteiger partial charge on any atom is 0.339 e. The van der Waals surface area contributed by atoms with Crippen LogP contribution in [0.4, 0.5) is 0 Å².